The number of fused-ring (bicyclic) bond motifs is 5. The third-order valence-corrected chi connectivity index (χ3v) is 11.9. The SMILES string of the molecule is CC(C)[C@H](CCO)CC[C@@H](C)[C@H]1[C@@H](O)[C@@H](O)[C@@H]2[C@]1(C)CC[C@@H]1[C@@]3(C)CC[C@H](O)[C@H](O)[C@@H]3[C@@H](O)C[C@]12O. The summed E-state index contributed by atoms with van der Waals surface area (Å²) >= 11 is 0. The Morgan fingerprint density at radius 1 is 0.778 bits per heavy atom. The zero-order valence-electron chi connectivity index (χ0n) is 22.9. The van der Waals surface area contributed by atoms with Crippen molar-refractivity contribution in [2.45, 2.75) is 122 Å². The molecule has 14 atom stereocenters. The standard InChI is InChI=1S/C29H52O7/c1-15(2)17(10-13-30)7-6-16(3)21-24(34)25(35)26-28(21,5)12-9-20-27(4)11-8-18(31)23(33)22(27)19(32)14-29(20,26)36/h15-26,30-36H,6-14H2,1-5H3/t16-,17+,18+,19+,20-,21+,22+,23+,24-,25-,26-,27-,28-,29+/m1/s1. The van der Waals surface area contributed by atoms with Gasteiger partial charge < -0.3 is 35.7 Å². The molecule has 4 saturated carbocycles. The van der Waals surface area contributed by atoms with Crippen LogP contribution in [-0.2, 0) is 0 Å². The monoisotopic (exact) mass is 512 g/mol. The highest BCUT2D eigenvalue weighted by Crippen LogP contribution is 2.69. The molecule has 4 rings (SSSR count). The fourth-order valence-electron chi connectivity index (χ4n) is 10.3. The minimum atomic E-state index is -1.36. The average Bonchev–Trinajstić information content (AvgIpc) is 2.99. The van der Waals surface area contributed by atoms with Gasteiger partial charge >= 0.3 is 0 Å². The second kappa shape index (κ2) is 10.0. The van der Waals surface area contributed by atoms with Gasteiger partial charge in [0.2, 0.25) is 0 Å². The Kier molecular flexibility index (Phi) is 8.01. The van der Waals surface area contributed by atoms with Crippen LogP contribution in [0.5, 0.6) is 0 Å². The molecule has 0 aromatic carbocycles. The van der Waals surface area contributed by atoms with E-state index >= 15 is 0 Å². The Morgan fingerprint density at radius 2 is 1.42 bits per heavy atom. The molecule has 4 aliphatic carbocycles. The molecule has 0 aromatic heterocycles. The lowest BCUT2D eigenvalue weighted by atomic mass is 9.41. The van der Waals surface area contributed by atoms with Gasteiger partial charge in [0.05, 0.1) is 36.1 Å². The molecular formula is C29H52O7. The molecule has 7 nitrogen and oxygen atoms in total. The average molecular weight is 513 g/mol. The highest BCUT2D eigenvalue weighted by molar-refractivity contribution is 5.22. The van der Waals surface area contributed by atoms with Gasteiger partial charge in [-0.1, -0.05) is 41.0 Å². The maximum Gasteiger partial charge on any atom is 0.0863 e. The van der Waals surface area contributed by atoms with Gasteiger partial charge in [-0.2, -0.15) is 0 Å². The predicted octanol–water partition coefficient (Wildman–Crippen LogP) is 2.08. The van der Waals surface area contributed by atoms with Gasteiger partial charge in [-0.25, -0.2) is 0 Å². The van der Waals surface area contributed by atoms with Crippen LogP contribution in [0.4, 0.5) is 0 Å². The summed E-state index contributed by atoms with van der Waals surface area (Å²) in [6, 6.07) is 0. The number of hydrogen-bond acceptors (Lipinski definition) is 7. The number of aliphatic hydroxyl groups is 7. The van der Waals surface area contributed by atoms with Gasteiger partial charge in [-0.05, 0) is 78.9 Å². The van der Waals surface area contributed by atoms with E-state index in [1.54, 1.807) is 0 Å². The maximum absolute atomic E-state index is 12.4. The number of rotatable bonds is 7. The molecule has 0 spiro atoms. The summed E-state index contributed by atoms with van der Waals surface area (Å²) in [6.45, 7) is 10.8. The third-order valence-electron chi connectivity index (χ3n) is 11.9. The van der Waals surface area contributed by atoms with E-state index in [1.165, 1.54) is 0 Å². The molecular weight excluding hydrogens is 460 g/mol. The quantitative estimate of drug-likeness (QED) is 0.277. The lowest BCUT2D eigenvalue weighted by Crippen LogP contribution is -2.71. The van der Waals surface area contributed by atoms with E-state index in [4.69, 9.17) is 0 Å². The highest BCUT2D eigenvalue weighted by atomic mass is 16.3. The fraction of sp³-hybridized carbons (Fsp3) is 1.00. The van der Waals surface area contributed by atoms with Crippen molar-refractivity contribution in [2.75, 3.05) is 6.61 Å². The predicted molar refractivity (Wildman–Crippen MR) is 137 cm³/mol. The summed E-state index contributed by atoms with van der Waals surface area (Å²) < 4.78 is 0. The highest BCUT2D eigenvalue weighted by Gasteiger charge is 2.73. The van der Waals surface area contributed by atoms with Crippen LogP contribution in [0.2, 0.25) is 0 Å². The Labute approximate surface area is 216 Å². The molecule has 210 valence electrons. The van der Waals surface area contributed by atoms with Gasteiger partial charge in [0.1, 0.15) is 0 Å². The van der Waals surface area contributed by atoms with E-state index in [2.05, 4.69) is 27.7 Å². The Morgan fingerprint density at radius 3 is 2.03 bits per heavy atom. The van der Waals surface area contributed by atoms with Crippen molar-refractivity contribution in [1.29, 1.82) is 0 Å². The van der Waals surface area contributed by atoms with E-state index in [9.17, 15) is 35.7 Å². The molecule has 4 fully saturated rings. The lowest BCUT2D eigenvalue weighted by molar-refractivity contribution is -0.280. The normalized spacial score (nSPS) is 52.4. The first-order chi connectivity index (χ1) is 16.7. The van der Waals surface area contributed by atoms with Crippen LogP contribution in [0.3, 0.4) is 0 Å². The minimum absolute atomic E-state index is 0.0404. The maximum atomic E-state index is 12.4. The summed E-state index contributed by atoms with van der Waals surface area (Å²) in [5, 5.41) is 77.1. The Hall–Kier alpha value is -0.280. The molecule has 7 heteroatoms. The molecule has 0 aromatic rings. The van der Waals surface area contributed by atoms with Crippen LogP contribution < -0.4 is 0 Å². The summed E-state index contributed by atoms with van der Waals surface area (Å²) in [5.74, 6) is -0.495. The van der Waals surface area contributed by atoms with Crippen LogP contribution in [0.25, 0.3) is 0 Å². The molecule has 0 amide bonds. The number of hydrogen-bond donors (Lipinski definition) is 7. The zero-order valence-corrected chi connectivity index (χ0v) is 22.9. The topological polar surface area (TPSA) is 142 Å². The number of aliphatic hydroxyl groups excluding tert-OH is 6. The molecule has 0 saturated heterocycles. The van der Waals surface area contributed by atoms with Gasteiger partial charge in [-0.15, -0.1) is 0 Å². The van der Waals surface area contributed by atoms with Gasteiger partial charge in [0.25, 0.3) is 0 Å². The molecule has 0 radical (unpaired) electrons. The van der Waals surface area contributed by atoms with Crippen LogP contribution in [0, 0.1) is 52.3 Å². The van der Waals surface area contributed by atoms with Crippen molar-refractivity contribution in [1.82, 2.24) is 0 Å². The lowest BCUT2D eigenvalue weighted by Gasteiger charge is -2.66. The van der Waals surface area contributed by atoms with Crippen LogP contribution in [-0.4, -0.2) is 78.5 Å². The van der Waals surface area contributed by atoms with Crippen molar-refractivity contribution < 1.29 is 35.7 Å². The van der Waals surface area contributed by atoms with E-state index in [0.29, 0.717) is 31.1 Å². The first-order valence-corrected chi connectivity index (χ1v) is 14.5. The van der Waals surface area contributed by atoms with Gasteiger partial charge in [0, 0.05) is 24.9 Å². The van der Waals surface area contributed by atoms with E-state index in [-0.39, 0.29) is 30.8 Å². The summed E-state index contributed by atoms with van der Waals surface area (Å²) in [5.41, 5.74) is -2.40. The zero-order chi connectivity index (χ0) is 26.8. The summed E-state index contributed by atoms with van der Waals surface area (Å²) in [6.07, 6.45) is 0.192. The van der Waals surface area contributed by atoms with Crippen molar-refractivity contribution in [2.24, 2.45) is 52.3 Å². The third kappa shape index (κ3) is 4.20. The van der Waals surface area contributed by atoms with E-state index in [0.717, 1.165) is 25.7 Å². The molecule has 4 aliphatic rings. The van der Waals surface area contributed by atoms with Crippen LogP contribution in [0.15, 0.2) is 0 Å². The first kappa shape index (κ1) is 28.7. The fourth-order valence-corrected chi connectivity index (χ4v) is 10.3. The molecule has 0 aliphatic heterocycles. The van der Waals surface area contributed by atoms with Crippen molar-refractivity contribution in [3.05, 3.63) is 0 Å². The van der Waals surface area contributed by atoms with Crippen molar-refractivity contribution in [3.8, 4) is 0 Å². The Balaban J connectivity index is 1.62. The summed E-state index contributed by atoms with van der Waals surface area (Å²) in [7, 11) is 0. The molecule has 7 N–H and O–H groups in total. The smallest absolute Gasteiger partial charge is 0.0863 e. The van der Waals surface area contributed by atoms with Crippen molar-refractivity contribution >= 4 is 0 Å². The second-order valence-electron chi connectivity index (χ2n) is 14.0. The largest absolute Gasteiger partial charge is 0.396 e. The van der Waals surface area contributed by atoms with E-state index in [1.807, 2.05) is 6.92 Å². The first-order valence-electron chi connectivity index (χ1n) is 14.5. The van der Waals surface area contributed by atoms with Gasteiger partial charge in [-0.3, -0.25) is 0 Å². The summed E-state index contributed by atoms with van der Waals surface area (Å²) in [4.78, 5) is 0. The van der Waals surface area contributed by atoms with Crippen LogP contribution >= 0.6 is 0 Å². The molecule has 0 bridgehead atoms. The van der Waals surface area contributed by atoms with Gasteiger partial charge in [0.15, 0.2) is 0 Å². The van der Waals surface area contributed by atoms with Crippen LogP contribution in [0.1, 0.15) is 86.0 Å². The van der Waals surface area contributed by atoms with E-state index < -0.39 is 58.8 Å². The van der Waals surface area contributed by atoms with Crippen molar-refractivity contribution in [3.63, 3.8) is 0 Å². The molecule has 0 heterocycles. The minimum Gasteiger partial charge on any atom is -0.396 e. The second-order valence-corrected chi connectivity index (χ2v) is 14.0. The Bertz CT molecular complexity index is 777. The molecule has 36 heavy (non-hydrogen) atoms. The molecule has 0 unspecified atom stereocenters.